The zero-order chi connectivity index (χ0) is 18.3. The third-order valence-electron chi connectivity index (χ3n) is 4.18. The zero-order valence-electron chi connectivity index (χ0n) is 14.1. The Bertz CT molecular complexity index is 694. The lowest BCUT2D eigenvalue weighted by molar-refractivity contribution is -0.136. The van der Waals surface area contributed by atoms with E-state index in [0.29, 0.717) is 19.5 Å². The normalized spacial score (nSPS) is 15.7. The molecule has 1 aliphatic heterocycles. The number of nitrogens with one attached hydrogen (secondary N) is 1. The van der Waals surface area contributed by atoms with Gasteiger partial charge in [-0.2, -0.15) is 4.31 Å². The first-order chi connectivity index (χ1) is 11.9. The summed E-state index contributed by atoms with van der Waals surface area (Å²) in [5.41, 5.74) is 0.867. The molecule has 1 heterocycles. The molecule has 0 aliphatic carbocycles. The molecule has 0 radical (unpaired) electrons. The number of amides is 1. The standard InChI is InChI=1S/C17H24N2O5S/c20-16(18-11-10-17(21)22)9-6-14-4-7-15(8-5-14)25(23,24)19-12-2-1-3-13-19/h4-5,7-8H,1-3,6,9-13H2,(H,18,20)(H,21,22). The van der Waals surface area contributed by atoms with Crippen LogP contribution in [0.15, 0.2) is 29.2 Å². The van der Waals surface area contributed by atoms with Crippen molar-refractivity contribution in [1.29, 1.82) is 0 Å². The predicted octanol–water partition coefficient (Wildman–Crippen LogP) is 1.38. The summed E-state index contributed by atoms with van der Waals surface area (Å²) < 4.78 is 26.6. The second-order valence-electron chi connectivity index (χ2n) is 6.10. The first-order valence-corrected chi connectivity index (χ1v) is 9.91. The number of rotatable bonds is 8. The van der Waals surface area contributed by atoms with Gasteiger partial charge in [-0.3, -0.25) is 9.59 Å². The molecule has 7 nitrogen and oxygen atoms in total. The maximum Gasteiger partial charge on any atom is 0.305 e. The van der Waals surface area contributed by atoms with Crippen LogP contribution in [0, 0.1) is 0 Å². The van der Waals surface area contributed by atoms with Gasteiger partial charge in [-0.05, 0) is 37.0 Å². The molecule has 2 rings (SSSR count). The molecule has 0 atom stereocenters. The Hall–Kier alpha value is -1.93. The average Bonchev–Trinajstić information content (AvgIpc) is 2.61. The van der Waals surface area contributed by atoms with Crippen molar-refractivity contribution in [3.63, 3.8) is 0 Å². The second kappa shape index (κ2) is 8.96. The summed E-state index contributed by atoms with van der Waals surface area (Å²) in [5, 5.41) is 11.1. The fourth-order valence-corrected chi connectivity index (χ4v) is 4.25. The molecular formula is C17H24N2O5S. The lowest BCUT2D eigenvalue weighted by Crippen LogP contribution is -2.35. The fourth-order valence-electron chi connectivity index (χ4n) is 2.74. The molecule has 1 aromatic carbocycles. The Labute approximate surface area is 148 Å². The van der Waals surface area contributed by atoms with Gasteiger partial charge in [0.1, 0.15) is 0 Å². The van der Waals surface area contributed by atoms with E-state index in [4.69, 9.17) is 5.11 Å². The molecule has 138 valence electrons. The summed E-state index contributed by atoms with van der Waals surface area (Å²) in [7, 11) is -3.43. The van der Waals surface area contributed by atoms with Crippen LogP contribution in [0.4, 0.5) is 0 Å². The largest absolute Gasteiger partial charge is 0.481 e. The highest BCUT2D eigenvalue weighted by Gasteiger charge is 2.25. The van der Waals surface area contributed by atoms with E-state index in [1.807, 2.05) is 0 Å². The van der Waals surface area contributed by atoms with E-state index in [9.17, 15) is 18.0 Å². The lowest BCUT2D eigenvalue weighted by Gasteiger charge is -2.25. The maximum atomic E-state index is 12.6. The molecule has 0 saturated carbocycles. The summed E-state index contributed by atoms with van der Waals surface area (Å²) in [4.78, 5) is 22.3. The van der Waals surface area contributed by atoms with E-state index in [1.54, 1.807) is 24.3 Å². The van der Waals surface area contributed by atoms with Gasteiger partial charge in [0.05, 0.1) is 11.3 Å². The minimum absolute atomic E-state index is 0.102. The Morgan fingerprint density at radius 1 is 1.04 bits per heavy atom. The van der Waals surface area contributed by atoms with Crippen molar-refractivity contribution < 1.29 is 23.1 Å². The van der Waals surface area contributed by atoms with Crippen LogP contribution in [-0.4, -0.2) is 49.3 Å². The third kappa shape index (κ3) is 5.82. The van der Waals surface area contributed by atoms with Crippen molar-refractivity contribution in [3.8, 4) is 0 Å². The maximum absolute atomic E-state index is 12.6. The van der Waals surface area contributed by atoms with Crippen LogP contribution in [0.1, 0.15) is 37.7 Å². The van der Waals surface area contributed by atoms with Gasteiger partial charge in [0, 0.05) is 26.1 Å². The Balaban J connectivity index is 1.87. The number of hydrogen-bond acceptors (Lipinski definition) is 4. The molecule has 8 heteroatoms. The van der Waals surface area contributed by atoms with Crippen molar-refractivity contribution >= 4 is 21.9 Å². The number of hydrogen-bond donors (Lipinski definition) is 2. The monoisotopic (exact) mass is 368 g/mol. The second-order valence-corrected chi connectivity index (χ2v) is 8.04. The summed E-state index contributed by atoms with van der Waals surface area (Å²) in [6, 6.07) is 6.62. The van der Waals surface area contributed by atoms with Crippen LogP contribution in [0.5, 0.6) is 0 Å². The molecule has 1 aromatic rings. The van der Waals surface area contributed by atoms with Crippen molar-refractivity contribution in [3.05, 3.63) is 29.8 Å². The Morgan fingerprint density at radius 2 is 1.68 bits per heavy atom. The average molecular weight is 368 g/mol. The van der Waals surface area contributed by atoms with Gasteiger partial charge in [0.2, 0.25) is 15.9 Å². The molecule has 0 aromatic heterocycles. The molecule has 1 fully saturated rings. The molecule has 0 spiro atoms. The van der Waals surface area contributed by atoms with Crippen LogP contribution >= 0.6 is 0 Å². The molecule has 0 bridgehead atoms. The number of carbonyl (C=O) groups excluding carboxylic acids is 1. The lowest BCUT2D eigenvalue weighted by atomic mass is 10.1. The number of carboxylic acids is 1. The summed E-state index contributed by atoms with van der Waals surface area (Å²) in [6.07, 6.45) is 3.47. The quantitative estimate of drug-likeness (QED) is 0.721. The van der Waals surface area contributed by atoms with Crippen LogP contribution in [0.3, 0.4) is 0 Å². The summed E-state index contributed by atoms with van der Waals surface area (Å²) >= 11 is 0. The molecule has 25 heavy (non-hydrogen) atoms. The van der Waals surface area contributed by atoms with Crippen molar-refractivity contribution in [2.75, 3.05) is 19.6 Å². The molecular weight excluding hydrogens is 344 g/mol. The number of nitrogens with zero attached hydrogens (tertiary/aromatic N) is 1. The van der Waals surface area contributed by atoms with E-state index in [0.717, 1.165) is 24.8 Å². The van der Waals surface area contributed by atoms with Crippen LogP contribution in [-0.2, 0) is 26.0 Å². The highest BCUT2D eigenvalue weighted by Crippen LogP contribution is 2.21. The van der Waals surface area contributed by atoms with E-state index in [2.05, 4.69) is 5.32 Å². The van der Waals surface area contributed by atoms with E-state index in [-0.39, 0.29) is 30.2 Å². The highest BCUT2D eigenvalue weighted by atomic mass is 32.2. The van der Waals surface area contributed by atoms with Crippen molar-refractivity contribution in [1.82, 2.24) is 9.62 Å². The zero-order valence-corrected chi connectivity index (χ0v) is 14.9. The fraction of sp³-hybridized carbons (Fsp3) is 0.529. The van der Waals surface area contributed by atoms with Gasteiger partial charge in [-0.1, -0.05) is 18.6 Å². The van der Waals surface area contributed by atoms with Crippen LogP contribution < -0.4 is 5.32 Å². The minimum Gasteiger partial charge on any atom is -0.481 e. The first-order valence-electron chi connectivity index (χ1n) is 8.47. The van der Waals surface area contributed by atoms with E-state index < -0.39 is 16.0 Å². The molecule has 0 unspecified atom stereocenters. The van der Waals surface area contributed by atoms with Crippen LogP contribution in [0.2, 0.25) is 0 Å². The Morgan fingerprint density at radius 3 is 2.28 bits per heavy atom. The number of aryl methyl sites for hydroxylation is 1. The van der Waals surface area contributed by atoms with Gasteiger partial charge in [0.15, 0.2) is 0 Å². The molecule has 1 saturated heterocycles. The number of sulfonamides is 1. The molecule has 2 N–H and O–H groups in total. The smallest absolute Gasteiger partial charge is 0.305 e. The highest BCUT2D eigenvalue weighted by molar-refractivity contribution is 7.89. The molecule has 1 amide bonds. The van der Waals surface area contributed by atoms with Gasteiger partial charge in [-0.15, -0.1) is 0 Å². The number of aliphatic carboxylic acids is 1. The molecule has 1 aliphatic rings. The van der Waals surface area contributed by atoms with Crippen molar-refractivity contribution in [2.45, 2.75) is 43.4 Å². The number of carboxylic acid groups (broad SMARTS) is 1. The third-order valence-corrected chi connectivity index (χ3v) is 6.09. The first kappa shape index (κ1) is 19.4. The number of benzene rings is 1. The summed E-state index contributed by atoms with van der Waals surface area (Å²) in [6.45, 7) is 1.25. The van der Waals surface area contributed by atoms with Gasteiger partial charge >= 0.3 is 5.97 Å². The number of piperidine rings is 1. The van der Waals surface area contributed by atoms with Gasteiger partial charge in [0.25, 0.3) is 0 Å². The van der Waals surface area contributed by atoms with Gasteiger partial charge < -0.3 is 10.4 Å². The van der Waals surface area contributed by atoms with Gasteiger partial charge in [-0.25, -0.2) is 8.42 Å². The summed E-state index contributed by atoms with van der Waals surface area (Å²) in [5.74, 6) is -1.17. The SMILES string of the molecule is O=C(O)CCNC(=O)CCc1ccc(S(=O)(=O)N2CCCCC2)cc1. The topological polar surface area (TPSA) is 104 Å². The van der Waals surface area contributed by atoms with E-state index >= 15 is 0 Å². The Kier molecular flexibility index (Phi) is 6.95. The number of carbonyl (C=O) groups is 2. The minimum atomic E-state index is -3.43. The van der Waals surface area contributed by atoms with Crippen LogP contribution in [0.25, 0.3) is 0 Å². The van der Waals surface area contributed by atoms with E-state index in [1.165, 1.54) is 4.31 Å². The predicted molar refractivity (Wildman–Crippen MR) is 92.6 cm³/mol. The van der Waals surface area contributed by atoms with Crippen molar-refractivity contribution in [2.24, 2.45) is 0 Å².